The normalized spacial score (nSPS) is 11.5. The van der Waals surface area contributed by atoms with Gasteiger partial charge in [0.1, 0.15) is 12.1 Å². The molecular formula is C13H13N3O. The summed E-state index contributed by atoms with van der Waals surface area (Å²) in [5.74, 6) is 0.990. The van der Waals surface area contributed by atoms with Gasteiger partial charge in [-0.3, -0.25) is 0 Å². The van der Waals surface area contributed by atoms with Gasteiger partial charge in [-0.1, -0.05) is 12.1 Å². The maximum Gasteiger partial charge on any atom is 0.230 e. The van der Waals surface area contributed by atoms with Crippen LogP contribution in [0.15, 0.2) is 42.4 Å². The first-order chi connectivity index (χ1) is 8.22. The second-order valence-corrected chi connectivity index (χ2v) is 3.58. The molecule has 0 aliphatic heterocycles. The molecule has 0 amide bonds. The van der Waals surface area contributed by atoms with Crippen molar-refractivity contribution in [2.75, 3.05) is 0 Å². The number of nitrogens with one attached hydrogen (secondary N) is 1. The SMILES string of the molecule is C/C=C(\Oc1ncnc2ccccc12)C(C)=N. The fraction of sp³-hybridized carbons (Fsp3) is 0.154. The van der Waals surface area contributed by atoms with E-state index in [0.717, 1.165) is 10.9 Å². The quantitative estimate of drug-likeness (QED) is 0.647. The predicted octanol–water partition coefficient (Wildman–Crippen LogP) is 2.95. The monoisotopic (exact) mass is 227 g/mol. The van der Waals surface area contributed by atoms with Crippen LogP contribution in [0.25, 0.3) is 10.9 Å². The van der Waals surface area contributed by atoms with Crippen LogP contribution in [-0.4, -0.2) is 15.7 Å². The van der Waals surface area contributed by atoms with Crippen molar-refractivity contribution in [1.29, 1.82) is 5.41 Å². The number of nitrogens with zero attached hydrogens (tertiary/aromatic N) is 2. The highest BCUT2D eigenvalue weighted by Gasteiger charge is 2.07. The van der Waals surface area contributed by atoms with Crippen molar-refractivity contribution in [3.63, 3.8) is 0 Å². The summed E-state index contributed by atoms with van der Waals surface area (Å²) in [6.45, 7) is 3.51. The average molecular weight is 227 g/mol. The van der Waals surface area contributed by atoms with Crippen LogP contribution in [0.5, 0.6) is 5.88 Å². The first-order valence-electron chi connectivity index (χ1n) is 5.32. The molecule has 0 radical (unpaired) electrons. The molecule has 4 nitrogen and oxygen atoms in total. The first-order valence-corrected chi connectivity index (χ1v) is 5.32. The lowest BCUT2D eigenvalue weighted by atomic mass is 10.2. The lowest BCUT2D eigenvalue weighted by Crippen LogP contribution is -2.05. The third-order valence-electron chi connectivity index (χ3n) is 2.34. The second-order valence-electron chi connectivity index (χ2n) is 3.58. The van der Waals surface area contributed by atoms with Gasteiger partial charge in [0.2, 0.25) is 5.88 Å². The smallest absolute Gasteiger partial charge is 0.230 e. The number of benzene rings is 1. The fourth-order valence-corrected chi connectivity index (χ4v) is 1.52. The Hall–Kier alpha value is -2.23. The highest BCUT2D eigenvalue weighted by atomic mass is 16.5. The zero-order valence-electron chi connectivity index (χ0n) is 9.77. The predicted molar refractivity (Wildman–Crippen MR) is 67.3 cm³/mol. The summed E-state index contributed by atoms with van der Waals surface area (Å²) in [7, 11) is 0. The van der Waals surface area contributed by atoms with Crippen LogP contribution in [0, 0.1) is 5.41 Å². The van der Waals surface area contributed by atoms with E-state index in [1.165, 1.54) is 6.33 Å². The largest absolute Gasteiger partial charge is 0.437 e. The van der Waals surface area contributed by atoms with Crippen LogP contribution in [-0.2, 0) is 0 Å². The minimum absolute atomic E-state index is 0.371. The number of aromatic nitrogens is 2. The van der Waals surface area contributed by atoms with Crippen molar-refractivity contribution in [3.8, 4) is 5.88 Å². The van der Waals surface area contributed by atoms with Crippen LogP contribution in [0.1, 0.15) is 13.8 Å². The van der Waals surface area contributed by atoms with Gasteiger partial charge in [0.25, 0.3) is 0 Å². The number of rotatable bonds is 3. The van der Waals surface area contributed by atoms with Crippen LogP contribution in [0.2, 0.25) is 0 Å². The van der Waals surface area contributed by atoms with Gasteiger partial charge in [-0.2, -0.15) is 0 Å². The van der Waals surface area contributed by atoms with E-state index in [0.29, 0.717) is 17.4 Å². The van der Waals surface area contributed by atoms with Crippen molar-refractivity contribution in [3.05, 3.63) is 42.4 Å². The maximum atomic E-state index is 7.57. The van der Waals surface area contributed by atoms with Gasteiger partial charge >= 0.3 is 0 Å². The number of hydrogen-bond donors (Lipinski definition) is 1. The van der Waals surface area contributed by atoms with E-state index in [1.807, 2.05) is 31.2 Å². The Kier molecular flexibility index (Phi) is 3.14. The van der Waals surface area contributed by atoms with Crippen molar-refractivity contribution in [2.24, 2.45) is 0 Å². The number of para-hydroxylation sites is 1. The molecule has 17 heavy (non-hydrogen) atoms. The lowest BCUT2D eigenvalue weighted by Gasteiger charge is -2.09. The molecule has 0 aliphatic carbocycles. The van der Waals surface area contributed by atoms with E-state index < -0.39 is 0 Å². The van der Waals surface area contributed by atoms with Gasteiger partial charge in [-0.15, -0.1) is 0 Å². The molecule has 2 aromatic rings. The number of fused-ring (bicyclic) bond motifs is 1. The van der Waals surface area contributed by atoms with Crippen LogP contribution >= 0.6 is 0 Å². The van der Waals surface area contributed by atoms with Gasteiger partial charge in [0.15, 0.2) is 0 Å². The topological polar surface area (TPSA) is 58.9 Å². The Morgan fingerprint density at radius 1 is 1.29 bits per heavy atom. The summed E-state index contributed by atoms with van der Waals surface area (Å²) < 4.78 is 5.62. The summed E-state index contributed by atoms with van der Waals surface area (Å²) in [6, 6.07) is 7.62. The third kappa shape index (κ3) is 2.30. The molecule has 0 saturated carbocycles. The number of hydrogen-bond acceptors (Lipinski definition) is 4. The second kappa shape index (κ2) is 4.74. The summed E-state index contributed by atoms with van der Waals surface area (Å²) in [5, 5.41) is 8.42. The van der Waals surface area contributed by atoms with Crippen LogP contribution in [0.4, 0.5) is 0 Å². The fourth-order valence-electron chi connectivity index (χ4n) is 1.52. The minimum Gasteiger partial charge on any atom is -0.437 e. The number of allylic oxidation sites excluding steroid dienone is 2. The molecule has 0 atom stereocenters. The molecule has 0 unspecified atom stereocenters. The number of ether oxygens (including phenoxy) is 1. The standard InChI is InChI=1S/C13H13N3O/c1-3-12(9(2)14)17-13-10-6-4-5-7-11(10)15-8-16-13/h3-8,14H,1-2H3/b12-3-,14-9?. The molecule has 1 aromatic heterocycles. The average Bonchev–Trinajstić information content (AvgIpc) is 2.35. The highest BCUT2D eigenvalue weighted by Crippen LogP contribution is 2.22. The molecule has 0 bridgehead atoms. The molecule has 1 aromatic carbocycles. The summed E-state index contributed by atoms with van der Waals surface area (Å²) in [5.41, 5.74) is 1.20. The maximum absolute atomic E-state index is 7.57. The van der Waals surface area contributed by atoms with E-state index in [9.17, 15) is 0 Å². The van der Waals surface area contributed by atoms with Crippen molar-refractivity contribution >= 4 is 16.6 Å². The minimum atomic E-state index is 0.371. The Morgan fingerprint density at radius 3 is 2.76 bits per heavy atom. The third-order valence-corrected chi connectivity index (χ3v) is 2.34. The van der Waals surface area contributed by atoms with E-state index in [4.69, 9.17) is 10.1 Å². The summed E-state index contributed by atoms with van der Waals surface area (Å²) in [4.78, 5) is 8.26. The van der Waals surface area contributed by atoms with Gasteiger partial charge in [0, 0.05) is 0 Å². The molecule has 4 heteroatoms. The highest BCUT2D eigenvalue weighted by molar-refractivity contribution is 5.94. The summed E-state index contributed by atoms with van der Waals surface area (Å²) in [6.07, 6.45) is 3.21. The van der Waals surface area contributed by atoms with Gasteiger partial charge in [0.05, 0.1) is 16.6 Å². The van der Waals surface area contributed by atoms with E-state index in [1.54, 1.807) is 13.0 Å². The lowest BCUT2D eigenvalue weighted by molar-refractivity contribution is 0.439. The molecular weight excluding hydrogens is 214 g/mol. The Morgan fingerprint density at radius 2 is 2.06 bits per heavy atom. The van der Waals surface area contributed by atoms with Gasteiger partial charge < -0.3 is 10.1 Å². The molecule has 0 fully saturated rings. The van der Waals surface area contributed by atoms with Crippen LogP contribution < -0.4 is 4.74 Å². The molecule has 0 aliphatic rings. The van der Waals surface area contributed by atoms with E-state index in [-0.39, 0.29) is 0 Å². The molecule has 2 rings (SSSR count). The van der Waals surface area contributed by atoms with Crippen molar-refractivity contribution < 1.29 is 4.74 Å². The Labute approximate surface area is 99.5 Å². The molecule has 1 heterocycles. The Bertz CT molecular complexity index is 585. The summed E-state index contributed by atoms with van der Waals surface area (Å²) >= 11 is 0. The zero-order chi connectivity index (χ0) is 12.3. The van der Waals surface area contributed by atoms with Gasteiger partial charge in [-0.05, 0) is 32.1 Å². The van der Waals surface area contributed by atoms with Crippen molar-refractivity contribution in [2.45, 2.75) is 13.8 Å². The van der Waals surface area contributed by atoms with Gasteiger partial charge in [-0.25, -0.2) is 9.97 Å². The molecule has 0 saturated heterocycles. The zero-order valence-corrected chi connectivity index (χ0v) is 9.77. The van der Waals surface area contributed by atoms with E-state index >= 15 is 0 Å². The first kappa shape index (κ1) is 11.3. The van der Waals surface area contributed by atoms with E-state index in [2.05, 4.69) is 9.97 Å². The Balaban J connectivity index is 2.46. The molecule has 86 valence electrons. The molecule has 1 N–H and O–H groups in total. The molecule has 0 spiro atoms. The van der Waals surface area contributed by atoms with Crippen molar-refractivity contribution in [1.82, 2.24) is 9.97 Å². The van der Waals surface area contributed by atoms with Crippen LogP contribution in [0.3, 0.4) is 0 Å².